The van der Waals surface area contributed by atoms with Crippen molar-refractivity contribution in [3.8, 4) is 0 Å². The highest BCUT2D eigenvalue weighted by Crippen LogP contribution is 2.30. The summed E-state index contributed by atoms with van der Waals surface area (Å²) < 4.78 is 4.61. The van der Waals surface area contributed by atoms with Gasteiger partial charge in [0, 0.05) is 18.2 Å². The molecule has 0 N–H and O–H groups in total. The monoisotopic (exact) mass is 360 g/mol. The Morgan fingerprint density at radius 1 is 1.06 bits per heavy atom. The number of hydrogen-bond donors (Lipinski definition) is 0. The molecule has 0 amide bonds. The predicted molar refractivity (Wildman–Crippen MR) is 87.0 cm³/mol. The van der Waals surface area contributed by atoms with Gasteiger partial charge in [0.05, 0.1) is 8.07 Å². The number of aryl methyl sites for hydroxylation is 2. The molecular weight excluding hydrogens is 343 g/mol. The maximum absolute atomic E-state index is 2.53. The molecule has 2 rings (SSSR count). The molecule has 3 heteroatoms. The van der Waals surface area contributed by atoms with Gasteiger partial charge in [-0.05, 0) is 59.7 Å². The molecule has 0 nitrogen and oxygen atoms in total. The number of rotatable bonds is 1. The van der Waals surface area contributed by atoms with Crippen LogP contribution in [0.4, 0.5) is 0 Å². The van der Waals surface area contributed by atoms with Gasteiger partial charge in [-0.1, -0.05) is 19.6 Å². The summed E-state index contributed by atoms with van der Waals surface area (Å²) in [6.45, 7) is 11.7. The molecule has 1 heterocycles. The third-order valence-electron chi connectivity index (χ3n) is 2.92. The van der Waals surface area contributed by atoms with Crippen molar-refractivity contribution in [3.05, 3.63) is 26.8 Å². The molecule has 0 aliphatic rings. The number of hydrogen-bond acceptors (Lipinski definition) is 1. The quantitative estimate of drug-likeness (QED) is 0.512. The Morgan fingerprint density at radius 3 is 2.19 bits per heavy atom. The van der Waals surface area contributed by atoms with Gasteiger partial charge in [-0.15, -0.1) is 11.3 Å². The lowest BCUT2D eigenvalue weighted by Crippen LogP contribution is -2.36. The van der Waals surface area contributed by atoms with E-state index in [4.69, 9.17) is 0 Å². The highest BCUT2D eigenvalue weighted by atomic mass is 127. The van der Waals surface area contributed by atoms with Gasteiger partial charge in [-0.2, -0.15) is 0 Å². The van der Waals surface area contributed by atoms with E-state index in [2.05, 4.69) is 68.2 Å². The van der Waals surface area contributed by atoms with Crippen LogP contribution >= 0.6 is 33.9 Å². The fourth-order valence-electron chi connectivity index (χ4n) is 1.81. The van der Waals surface area contributed by atoms with Crippen LogP contribution in [0.2, 0.25) is 19.6 Å². The largest absolute Gasteiger partial charge is 0.144 e. The number of thiophene rings is 1. The average molecular weight is 360 g/mol. The standard InChI is InChI=1S/C13H17ISSi/c1-8-6-10-11(7-9(8)2)15-13(12(10)14)16(3,4)5/h6-7H,1-5H3. The van der Waals surface area contributed by atoms with Crippen LogP contribution in [0.3, 0.4) is 0 Å². The first kappa shape index (κ1) is 12.6. The molecule has 0 aliphatic carbocycles. The Labute approximate surface area is 116 Å². The first-order valence-corrected chi connectivity index (χ1v) is 10.9. The van der Waals surface area contributed by atoms with E-state index in [0.717, 1.165) is 0 Å². The van der Waals surface area contributed by atoms with Crippen molar-refractivity contribution < 1.29 is 0 Å². The summed E-state index contributed by atoms with van der Waals surface area (Å²) in [5, 5.41) is 1.46. The molecule has 0 atom stereocenters. The summed E-state index contributed by atoms with van der Waals surface area (Å²) in [7, 11) is -1.18. The van der Waals surface area contributed by atoms with Crippen molar-refractivity contribution in [3.63, 3.8) is 0 Å². The van der Waals surface area contributed by atoms with Gasteiger partial charge in [-0.25, -0.2) is 0 Å². The van der Waals surface area contributed by atoms with Crippen molar-refractivity contribution in [1.29, 1.82) is 0 Å². The van der Waals surface area contributed by atoms with Crippen molar-refractivity contribution in [2.45, 2.75) is 33.5 Å². The smallest absolute Gasteiger partial charge is 0.0918 e. The Hall–Kier alpha value is 0.127. The van der Waals surface area contributed by atoms with E-state index < -0.39 is 8.07 Å². The molecule has 0 aliphatic heterocycles. The zero-order valence-corrected chi connectivity index (χ0v) is 14.4. The molecule has 0 bridgehead atoms. The second kappa shape index (κ2) is 4.10. The van der Waals surface area contributed by atoms with E-state index >= 15 is 0 Å². The van der Waals surface area contributed by atoms with E-state index in [1.807, 2.05) is 11.3 Å². The fourth-order valence-corrected chi connectivity index (χ4v) is 8.47. The molecule has 16 heavy (non-hydrogen) atoms. The van der Waals surface area contributed by atoms with Gasteiger partial charge >= 0.3 is 0 Å². The van der Waals surface area contributed by atoms with Crippen molar-refractivity contribution in [1.82, 2.24) is 0 Å². The minimum atomic E-state index is -1.18. The van der Waals surface area contributed by atoms with Gasteiger partial charge in [0.15, 0.2) is 0 Å². The minimum Gasteiger partial charge on any atom is -0.144 e. The van der Waals surface area contributed by atoms with Gasteiger partial charge in [0.25, 0.3) is 0 Å². The number of halogens is 1. The Bertz CT molecular complexity index is 549. The molecule has 0 radical (unpaired) electrons. The second-order valence-corrected chi connectivity index (χ2v) is 12.9. The Morgan fingerprint density at radius 2 is 1.62 bits per heavy atom. The summed E-state index contributed by atoms with van der Waals surface area (Å²) >= 11 is 4.54. The summed E-state index contributed by atoms with van der Waals surface area (Å²) in [6, 6.07) is 4.70. The second-order valence-electron chi connectivity index (χ2n) is 5.43. The van der Waals surface area contributed by atoms with Gasteiger partial charge in [0.1, 0.15) is 0 Å². The molecule has 1 aromatic carbocycles. The summed E-state index contributed by atoms with van der Waals surface area (Å²) in [4.78, 5) is 0. The lowest BCUT2D eigenvalue weighted by atomic mass is 10.1. The lowest BCUT2D eigenvalue weighted by Gasteiger charge is -2.13. The van der Waals surface area contributed by atoms with Crippen LogP contribution in [0, 0.1) is 17.4 Å². The van der Waals surface area contributed by atoms with Gasteiger partial charge in [-0.3, -0.25) is 0 Å². The molecule has 86 valence electrons. The first-order valence-electron chi connectivity index (χ1n) is 5.50. The van der Waals surface area contributed by atoms with E-state index in [-0.39, 0.29) is 0 Å². The van der Waals surface area contributed by atoms with Gasteiger partial charge in [0.2, 0.25) is 0 Å². The maximum Gasteiger partial charge on any atom is 0.0918 e. The van der Waals surface area contributed by atoms with E-state index in [1.54, 1.807) is 4.50 Å². The van der Waals surface area contributed by atoms with Gasteiger partial charge < -0.3 is 0 Å². The Balaban J connectivity index is 2.79. The number of benzene rings is 1. The lowest BCUT2D eigenvalue weighted by molar-refractivity contribution is 1.37. The van der Waals surface area contributed by atoms with Crippen LogP contribution in [0.15, 0.2) is 12.1 Å². The molecule has 2 aromatic rings. The number of fused-ring (bicyclic) bond motifs is 1. The van der Waals surface area contributed by atoms with Crippen molar-refractivity contribution in [2.24, 2.45) is 0 Å². The van der Waals surface area contributed by atoms with E-state index in [9.17, 15) is 0 Å². The van der Waals surface area contributed by atoms with Crippen LogP contribution in [0.1, 0.15) is 11.1 Å². The zero-order valence-electron chi connectivity index (χ0n) is 10.4. The SMILES string of the molecule is Cc1cc2sc([Si](C)(C)C)c(I)c2cc1C. The predicted octanol–water partition coefficient (Wildman–Crippen LogP) is 4.67. The molecule has 1 aromatic heterocycles. The van der Waals surface area contributed by atoms with E-state index in [0.29, 0.717) is 0 Å². The fraction of sp³-hybridized carbons (Fsp3) is 0.385. The molecule has 0 fully saturated rings. The third-order valence-corrected chi connectivity index (χ3v) is 9.64. The van der Waals surface area contributed by atoms with Crippen molar-refractivity contribution in [2.75, 3.05) is 0 Å². The zero-order chi connectivity index (χ0) is 12.1. The van der Waals surface area contributed by atoms with E-state index in [1.165, 1.54) is 24.8 Å². The maximum atomic E-state index is 2.53. The van der Waals surface area contributed by atoms with Crippen molar-refractivity contribution >= 4 is 56.6 Å². The van der Waals surface area contributed by atoms with Crippen LogP contribution in [0.25, 0.3) is 10.1 Å². The summed E-state index contributed by atoms with van der Waals surface area (Å²) in [5.74, 6) is 0. The molecule has 0 spiro atoms. The van der Waals surface area contributed by atoms with Crippen LogP contribution in [-0.4, -0.2) is 8.07 Å². The summed E-state index contributed by atoms with van der Waals surface area (Å²) in [6.07, 6.45) is 0. The first-order chi connectivity index (χ1) is 7.30. The third kappa shape index (κ3) is 2.09. The molecule has 0 unspecified atom stereocenters. The van der Waals surface area contributed by atoms with Crippen LogP contribution < -0.4 is 4.50 Å². The van der Waals surface area contributed by atoms with Crippen LogP contribution in [-0.2, 0) is 0 Å². The normalized spacial score (nSPS) is 12.4. The topological polar surface area (TPSA) is 0 Å². The molecule has 0 saturated heterocycles. The highest BCUT2D eigenvalue weighted by Gasteiger charge is 2.23. The molecular formula is C13H17ISSi. The Kier molecular flexibility index (Phi) is 3.23. The summed E-state index contributed by atoms with van der Waals surface area (Å²) in [5.41, 5.74) is 2.82. The molecule has 0 saturated carbocycles. The highest BCUT2D eigenvalue weighted by molar-refractivity contribution is 14.1. The minimum absolute atomic E-state index is 1.18. The van der Waals surface area contributed by atoms with Crippen LogP contribution in [0.5, 0.6) is 0 Å². The average Bonchev–Trinajstić information content (AvgIpc) is 2.45.